The van der Waals surface area contributed by atoms with Gasteiger partial charge in [-0.1, -0.05) is 23.7 Å². The van der Waals surface area contributed by atoms with Gasteiger partial charge in [-0.15, -0.1) is 0 Å². The second-order valence-corrected chi connectivity index (χ2v) is 4.28. The summed E-state index contributed by atoms with van der Waals surface area (Å²) in [5, 5.41) is 3.63. The van der Waals surface area contributed by atoms with Gasteiger partial charge in [0.25, 0.3) is 0 Å². The summed E-state index contributed by atoms with van der Waals surface area (Å²) in [6.07, 6.45) is 0.898. The Kier molecular flexibility index (Phi) is 5.51. The average Bonchev–Trinajstić information content (AvgIpc) is 2.34. The number of benzene rings is 1. The van der Waals surface area contributed by atoms with Gasteiger partial charge < -0.3 is 10.6 Å². The van der Waals surface area contributed by atoms with E-state index in [1.165, 1.54) is 0 Å². The summed E-state index contributed by atoms with van der Waals surface area (Å²) < 4.78 is 4.89. The molecule has 1 rings (SSSR count). The summed E-state index contributed by atoms with van der Waals surface area (Å²) in [6.45, 7) is 3.68. The van der Waals surface area contributed by atoms with E-state index in [-0.39, 0.29) is 6.61 Å². The number of esters is 1. The lowest BCUT2D eigenvalue weighted by atomic mass is 9.94. The molecule has 6 heteroatoms. The van der Waals surface area contributed by atoms with Crippen LogP contribution in [-0.2, 0) is 14.3 Å². The maximum atomic E-state index is 11.9. The molecule has 19 heavy (non-hydrogen) atoms. The van der Waals surface area contributed by atoms with Crippen LogP contribution in [0, 0.1) is 6.92 Å². The van der Waals surface area contributed by atoms with Crippen molar-refractivity contribution < 1.29 is 14.3 Å². The molecule has 0 aliphatic carbocycles. The number of hydrogen-bond acceptors (Lipinski definition) is 5. The molecule has 5 nitrogen and oxygen atoms in total. The maximum absolute atomic E-state index is 11.9. The molecule has 0 bridgehead atoms. The van der Waals surface area contributed by atoms with E-state index in [0.29, 0.717) is 10.6 Å². The molecule has 102 valence electrons. The van der Waals surface area contributed by atoms with Crippen LogP contribution in [0.25, 0.3) is 0 Å². The highest BCUT2D eigenvalue weighted by atomic mass is 35.5. The van der Waals surface area contributed by atoms with E-state index in [0.717, 1.165) is 11.8 Å². The summed E-state index contributed by atoms with van der Waals surface area (Å²) >= 11 is 6.00. The number of carbonyl (C=O) groups excluding carboxylic acids is 2. The maximum Gasteiger partial charge on any atom is 0.321 e. The van der Waals surface area contributed by atoms with Crippen LogP contribution < -0.4 is 5.84 Å². The van der Waals surface area contributed by atoms with Crippen molar-refractivity contribution in [1.29, 1.82) is 0 Å². The first-order valence-electron chi connectivity index (χ1n) is 5.71. The molecule has 1 atom stereocenters. The summed E-state index contributed by atoms with van der Waals surface area (Å²) in [4.78, 5) is 23.8. The molecule has 0 fully saturated rings. The van der Waals surface area contributed by atoms with E-state index >= 15 is 0 Å². The number of carbonyl (C=O) groups is 2. The number of aryl methyl sites for hydroxylation is 1. The summed E-state index contributed by atoms with van der Waals surface area (Å²) in [5.74, 6) is 2.66. The van der Waals surface area contributed by atoms with E-state index in [9.17, 15) is 9.59 Å². The third-order valence-corrected chi connectivity index (χ3v) is 2.95. The molecule has 0 aromatic heterocycles. The standard InChI is InChI=1S/C13H15ClN2O3/c1-3-19-13(18)12(11(17)7-16-15)9-5-4-8(2)10(14)6-9/h4-7,12H,3,15H2,1-2H3. The number of ketones is 1. The minimum absolute atomic E-state index is 0.183. The zero-order chi connectivity index (χ0) is 14.4. The third-order valence-electron chi connectivity index (χ3n) is 2.54. The number of nitrogens with two attached hydrogens (primary N) is 1. The van der Waals surface area contributed by atoms with Gasteiger partial charge in [0, 0.05) is 5.02 Å². The zero-order valence-corrected chi connectivity index (χ0v) is 11.5. The van der Waals surface area contributed by atoms with Gasteiger partial charge in [0.2, 0.25) is 0 Å². The molecule has 2 N–H and O–H groups in total. The molecule has 1 aromatic rings. The molecule has 0 saturated heterocycles. The van der Waals surface area contributed by atoms with Gasteiger partial charge in [-0.25, -0.2) is 0 Å². The van der Waals surface area contributed by atoms with Crippen LogP contribution in [0.1, 0.15) is 24.0 Å². The first-order valence-corrected chi connectivity index (χ1v) is 6.08. The molecule has 1 aromatic carbocycles. The van der Waals surface area contributed by atoms with Gasteiger partial charge in [-0.2, -0.15) is 5.10 Å². The number of hydrogen-bond donors (Lipinski definition) is 1. The fraction of sp³-hybridized carbons (Fsp3) is 0.308. The fourth-order valence-corrected chi connectivity index (χ4v) is 1.77. The Morgan fingerprint density at radius 1 is 1.53 bits per heavy atom. The second-order valence-electron chi connectivity index (χ2n) is 3.87. The molecule has 0 aliphatic rings. The highest BCUT2D eigenvalue weighted by molar-refractivity contribution is 6.35. The highest BCUT2D eigenvalue weighted by Gasteiger charge is 2.29. The molecule has 0 radical (unpaired) electrons. The molecule has 0 heterocycles. The Balaban J connectivity index is 3.18. The van der Waals surface area contributed by atoms with Gasteiger partial charge >= 0.3 is 5.97 Å². The summed E-state index contributed by atoms with van der Waals surface area (Å²) in [7, 11) is 0. The Morgan fingerprint density at radius 3 is 2.74 bits per heavy atom. The third kappa shape index (κ3) is 3.79. The Bertz CT molecular complexity index is 515. The van der Waals surface area contributed by atoms with Crippen molar-refractivity contribution >= 4 is 29.6 Å². The highest BCUT2D eigenvalue weighted by Crippen LogP contribution is 2.24. The van der Waals surface area contributed by atoms with Crippen molar-refractivity contribution in [1.82, 2.24) is 0 Å². The smallest absolute Gasteiger partial charge is 0.321 e. The number of halogens is 1. The van der Waals surface area contributed by atoms with Gasteiger partial charge in [-0.3, -0.25) is 9.59 Å². The second kappa shape index (κ2) is 6.89. The minimum Gasteiger partial charge on any atom is -0.465 e. The number of nitrogens with zero attached hydrogens (tertiary/aromatic N) is 1. The SMILES string of the molecule is CCOC(=O)C(C(=O)C=NN)c1ccc(C)c(Cl)c1. The van der Waals surface area contributed by atoms with Crippen molar-refractivity contribution in [2.75, 3.05) is 6.61 Å². The van der Waals surface area contributed by atoms with E-state index in [4.69, 9.17) is 22.2 Å². The van der Waals surface area contributed by atoms with E-state index in [1.54, 1.807) is 25.1 Å². The van der Waals surface area contributed by atoms with E-state index < -0.39 is 17.7 Å². The van der Waals surface area contributed by atoms with Crippen LogP contribution >= 0.6 is 11.6 Å². The molecule has 0 saturated carbocycles. The minimum atomic E-state index is -1.09. The van der Waals surface area contributed by atoms with Crippen LogP contribution in [0.2, 0.25) is 5.02 Å². The first-order chi connectivity index (χ1) is 9.01. The largest absolute Gasteiger partial charge is 0.465 e. The lowest BCUT2D eigenvalue weighted by Crippen LogP contribution is -2.25. The quantitative estimate of drug-likeness (QED) is 0.294. The number of ether oxygens (including phenoxy) is 1. The van der Waals surface area contributed by atoms with Gasteiger partial charge in [-0.05, 0) is 31.0 Å². The van der Waals surface area contributed by atoms with Crippen LogP contribution in [0.15, 0.2) is 23.3 Å². The molecule has 1 unspecified atom stereocenters. The molecular formula is C13H15ClN2O3. The van der Waals surface area contributed by atoms with Gasteiger partial charge in [0.05, 0.1) is 12.8 Å². The van der Waals surface area contributed by atoms with E-state index in [2.05, 4.69) is 5.10 Å². The number of Topliss-reactive ketones (excluding diaryl/α,β-unsaturated/α-hetero) is 1. The lowest BCUT2D eigenvalue weighted by Gasteiger charge is -2.13. The Labute approximate surface area is 116 Å². The first kappa shape index (κ1) is 15.2. The predicted molar refractivity (Wildman–Crippen MR) is 73.2 cm³/mol. The Morgan fingerprint density at radius 2 is 2.21 bits per heavy atom. The van der Waals surface area contributed by atoms with Crippen molar-refractivity contribution in [3.05, 3.63) is 34.3 Å². The Hall–Kier alpha value is -1.88. The molecule has 0 amide bonds. The molecular weight excluding hydrogens is 268 g/mol. The van der Waals surface area contributed by atoms with Crippen LogP contribution in [0.3, 0.4) is 0 Å². The predicted octanol–water partition coefficient (Wildman–Crippen LogP) is 1.81. The van der Waals surface area contributed by atoms with Crippen molar-refractivity contribution in [2.45, 2.75) is 19.8 Å². The van der Waals surface area contributed by atoms with Gasteiger partial charge in [0.15, 0.2) is 5.78 Å². The van der Waals surface area contributed by atoms with Crippen molar-refractivity contribution in [2.24, 2.45) is 10.9 Å². The summed E-state index contributed by atoms with van der Waals surface area (Å²) in [5.41, 5.74) is 1.31. The lowest BCUT2D eigenvalue weighted by molar-refractivity contribution is -0.146. The van der Waals surface area contributed by atoms with Crippen LogP contribution in [-0.4, -0.2) is 24.6 Å². The monoisotopic (exact) mass is 282 g/mol. The average molecular weight is 283 g/mol. The topological polar surface area (TPSA) is 81.8 Å². The van der Waals surface area contributed by atoms with Crippen molar-refractivity contribution in [3.8, 4) is 0 Å². The van der Waals surface area contributed by atoms with Crippen molar-refractivity contribution in [3.63, 3.8) is 0 Å². The number of hydrazone groups is 1. The van der Waals surface area contributed by atoms with Gasteiger partial charge in [0.1, 0.15) is 5.92 Å². The normalized spacial score (nSPS) is 12.4. The molecule has 0 spiro atoms. The van der Waals surface area contributed by atoms with Crippen LogP contribution in [0.4, 0.5) is 0 Å². The van der Waals surface area contributed by atoms with Crippen LogP contribution in [0.5, 0.6) is 0 Å². The zero-order valence-electron chi connectivity index (χ0n) is 10.7. The molecule has 0 aliphatic heterocycles. The fourth-order valence-electron chi connectivity index (χ4n) is 1.58. The summed E-state index contributed by atoms with van der Waals surface area (Å²) in [6, 6.07) is 4.96. The number of rotatable bonds is 5. The van der Waals surface area contributed by atoms with E-state index in [1.807, 2.05) is 6.92 Å².